The third kappa shape index (κ3) is 4.17. The number of hydrogen-bond donors (Lipinski definition) is 0. The van der Waals surface area contributed by atoms with Crippen molar-refractivity contribution < 1.29 is 23.5 Å². The van der Waals surface area contributed by atoms with Gasteiger partial charge in [-0.25, -0.2) is 9.18 Å². The molecule has 0 unspecified atom stereocenters. The Hall–Kier alpha value is -2.73. The number of amides is 1. The van der Waals surface area contributed by atoms with E-state index in [1.54, 1.807) is 24.3 Å². The van der Waals surface area contributed by atoms with Crippen LogP contribution in [0, 0.1) is 5.82 Å². The van der Waals surface area contributed by atoms with Crippen molar-refractivity contribution in [1.82, 2.24) is 4.90 Å². The van der Waals surface area contributed by atoms with Gasteiger partial charge in [-0.05, 0) is 43.5 Å². The highest BCUT2D eigenvalue weighted by Gasteiger charge is 2.48. The topological polar surface area (TPSA) is 63.7 Å². The van der Waals surface area contributed by atoms with E-state index in [-0.39, 0.29) is 11.3 Å². The number of carbonyl (C=O) groups excluding carboxylic acids is 3. The zero-order chi connectivity index (χ0) is 21.0. The Labute approximate surface area is 173 Å². The lowest BCUT2D eigenvalue weighted by molar-refractivity contribution is -0.150. The van der Waals surface area contributed by atoms with Crippen molar-refractivity contribution in [2.45, 2.75) is 31.2 Å². The van der Waals surface area contributed by atoms with E-state index in [4.69, 9.17) is 16.3 Å². The molecule has 3 rings (SSSR count). The first-order chi connectivity index (χ1) is 13.9. The van der Waals surface area contributed by atoms with Crippen molar-refractivity contribution in [1.29, 1.82) is 0 Å². The molecule has 1 aliphatic carbocycles. The zero-order valence-corrected chi connectivity index (χ0v) is 16.7. The lowest BCUT2D eigenvalue weighted by Crippen LogP contribution is -2.55. The maximum absolute atomic E-state index is 13.3. The van der Waals surface area contributed by atoms with Crippen LogP contribution in [-0.4, -0.2) is 36.2 Å². The number of halogens is 2. The van der Waals surface area contributed by atoms with Crippen molar-refractivity contribution in [3.63, 3.8) is 0 Å². The molecular formula is C22H21ClFNO4. The van der Waals surface area contributed by atoms with Crippen LogP contribution < -0.4 is 0 Å². The molecule has 0 N–H and O–H groups in total. The van der Waals surface area contributed by atoms with Crippen molar-refractivity contribution in [3.8, 4) is 0 Å². The molecule has 5 nitrogen and oxygen atoms in total. The van der Waals surface area contributed by atoms with Gasteiger partial charge < -0.3 is 9.64 Å². The average molecular weight is 418 g/mol. The van der Waals surface area contributed by atoms with Crippen LogP contribution in [0.4, 0.5) is 4.39 Å². The van der Waals surface area contributed by atoms with Crippen molar-refractivity contribution in [2.24, 2.45) is 0 Å². The monoisotopic (exact) mass is 417 g/mol. The van der Waals surface area contributed by atoms with Crippen LogP contribution in [-0.2, 0) is 19.9 Å². The molecule has 1 saturated carbocycles. The molecule has 0 heterocycles. The van der Waals surface area contributed by atoms with E-state index < -0.39 is 29.8 Å². The summed E-state index contributed by atoms with van der Waals surface area (Å²) in [6.07, 6.45) is 2.29. The number of benzene rings is 2. The fourth-order valence-corrected chi connectivity index (χ4v) is 4.06. The molecule has 29 heavy (non-hydrogen) atoms. The Balaban J connectivity index is 1.82. The SMILES string of the molecule is CN(C(=O)COC(=O)c1cccc(F)c1)[C@@]1(c2ccccc2Cl)CCCCC1=O. The fourth-order valence-electron chi connectivity index (χ4n) is 3.77. The van der Waals surface area contributed by atoms with E-state index in [9.17, 15) is 18.8 Å². The van der Waals surface area contributed by atoms with E-state index >= 15 is 0 Å². The Bertz CT molecular complexity index is 948. The summed E-state index contributed by atoms with van der Waals surface area (Å²) in [5.74, 6) is -2.02. The number of Topliss-reactive ketones (excluding diaryl/α,β-unsaturated/α-hetero) is 1. The average Bonchev–Trinajstić information content (AvgIpc) is 2.72. The maximum atomic E-state index is 13.3. The van der Waals surface area contributed by atoms with E-state index in [0.29, 0.717) is 23.4 Å². The fraction of sp³-hybridized carbons (Fsp3) is 0.318. The van der Waals surface area contributed by atoms with Crippen molar-refractivity contribution in [2.75, 3.05) is 13.7 Å². The number of rotatable bonds is 5. The minimum atomic E-state index is -1.20. The minimum absolute atomic E-state index is 0.00927. The van der Waals surface area contributed by atoms with E-state index in [1.807, 2.05) is 0 Å². The zero-order valence-electron chi connectivity index (χ0n) is 16.0. The van der Waals surface area contributed by atoms with Gasteiger partial charge in [0.15, 0.2) is 12.4 Å². The second kappa shape index (κ2) is 8.74. The lowest BCUT2D eigenvalue weighted by atomic mass is 9.74. The number of esters is 1. The first-order valence-electron chi connectivity index (χ1n) is 9.34. The van der Waals surface area contributed by atoms with Gasteiger partial charge in [0.05, 0.1) is 5.56 Å². The third-order valence-electron chi connectivity index (χ3n) is 5.31. The molecule has 0 saturated heterocycles. The van der Waals surface area contributed by atoms with Crippen LogP contribution in [0.15, 0.2) is 48.5 Å². The van der Waals surface area contributed by atoms with Crippen LogP contribution in [0.5, 0.6) is 0 Å². The molecule has 2 aromatic rings. The van der Waals surface area contributed by atoms with Crippen LogP contribution >= 0.6 is 11.6 Å². The molecule has 0 aliphatic heterocycles. The van der Waals surface area contributed by atoms with Crippen molar-refractivity contribution >= 4 is 29.3 Å². The van der Waals surface area contributed by atoms with Crippen LogP contribution in [0.25, 0.3) is 0 Å². The van der Waals surface area contributed by atoms with Crippen LogP contribution in [0.1, 0.15) is 41.6 Å². The standard InChI is InChI=1S/C22H21ClFNO4/c1-25(20(27)14-29-21(28)15-7-6-8-16(24)13-15)22(12-5-4-11-19(22)26)17-9-2-3-10-18(17)23/h2-3,6-10,13H,4-5,11-12,14H2,1H3/t22-/m1/s1. The third-order valence-corrected chi connectivity index (χ3v) is 5.64. The normalized spacial score (nSPS) is 18.9. The highest BCUT2D eigenvalue weighted by molar-refractivity contribution is 6.31. The summed E-state index contributed by atoms with van der Waals surface area (Å²) < 4.78 is 18.3. The molecule has 7 heteroatoms. The number of likely N-dealkylation sites (N-methyl/N-ethyl adjacent to an activating group) is 1. The molecule has 1 aliphatic rings. The number of nitrogens with zero attached hydrogens (tertiary/aromatic N) is 1. The Morgan fingerprint density at radius 3 is 2.62 bits per heavy atom. The Morgan fingerprint density at radius 1 is 1.17 bits per heavy atom. The molecule has 1 atom stereocenters. The molecule has 0 bridgehead atoms. The van der Waals surface area contributed by atoms with Gasteiger partial charge in [0.2, 0.25) is 0 Å². The predicted molar refractivity (Wildman–Crippen MR) is 106 cm³/mol. The summed E-state index contributed by atoms with van der Waals surface area (Å²) in [4.78, 5) is 39.3. The smallest absolute Gasteiger partial charge is 0.338 e. The molecule has 0 radical (unpaired) electrons. The van der Waals surface area contributed by atoms with Crippen molar-refractivity contribution in [3.05, 3.63) is 70.5 Å². The first-order valence-corrected chi connectivity index (χ1v) is 9.71. The molecule has 2 aromatic carbocycles. The number of ether oxygens (including phenoxy) is 1. The lowest BCUT2D eigenvalue weighted by Gasteiger charge is -2.43. The highest BCUT2D eigenvalue weighted by Crippen LogP contribution is 2.42. The van der Waals surface area contributed by atoms with E-state index in [2.05, 4.69) is 0 Å². The summed E-state index contributed by atoms with van der Waals surface area (Å²) in [6.45, 7) is -0.564. The summed E-state index contributed by atoms with van der Waals surface area (Å²) in [6, 6.07) is 12.0. The molecule has 0 spiro atoms. The van der Waals surface area contributed by atoms with Gasteiger partial charge in [0, 0.05) is 24.1 Å². The Morgan fingerprint density at radius 2 is 1.93 bits per heavy atom. The summed E-state index contributed by atoms with van der Waals surface area (Å²) in [5.41, 5.74) is -0.618. The van der Waals surface area contributed by atoms with Gasteiger partial charge >= 0.3 is 5.97 Å². The maximum Gasteiger partial charge on any atom is 0.338 e. The van der Waals surface area contributed by atoms with Gasteiger partial charge in [0.1, 0.15) is 11.4 Å². The minimum Gasteiger partial charge on any atom is -0.452 e. The van der Waals surface area contributed by atoms with Crippen LogP contribution in [0.2, 0.25) is 5.02 Å². The molecule has 1 fully saturated rings. The summed E-state index contributed by atoms with van der Waals surface area (Å²) >= 11 is 6.37. The van der Waals surface area contributed by atoms with Crippen LogP contribution in [0.3, 0.4) is 0 Å². The van der Waals surface area contributed by atoms with Gasteiger partial charge in [-0.1, -0.05) is 35.9 Å². The Kier molecular flexibility index (Phi) is 6.33. The van der Waals surface area contributed by atoms with E-state index in [1.165, 1.54) is 30.1 Å². The summed E-state index contributed by atoms with van der Waals surface area (Å²) in [7, 11) is 1.52. The van der Waals surface area contributed by atoms with Gasteiger partial charge in [-0.15, -0.1) is 0 Å². The van der Waals surface area contributed by atoms with Gasteiger partial charge in [-0.2, -0.15) is 0 Å². The number of ketones is 1. The van der Waals surface area contributed by atoms with Gasteiger partial charge in [-0.3, -0.25) is 9.59 Å². The second-order valence-electron chi connectivity index (χ2n) is 7.01. The van der Waals surface area contributed by atoms with Gasteiger partial charge in [0.25, 0.3) is 5.91 Å². The largest absolute Gasteiger partial charge is 0.452 e. The quantitative estimate of drug-likeness (QED) is 0.686. The summed E-state index contributed by atoms with van der Waals surface area (Å²) in [5, 5.41) is 0.402. The molecule has 1 amide bonds. The molecular weight excluding hydrogens is 397 g/mol. The highest BCUT2D eigenvalue weighted by atomic mass is 35.5. The molecule has 152 valence electrons. The second-order valence-corrected chi connectivity index (χ2v) is 7.42. The number of hydrogen-bond acceptors (Lipinski definition) is 4. The molecule has 0 aromatic heterocycles. The number of carbonyl (C=O) groups is 3. The first kappa shape index (κ1) is 21.0. The predicted octanol–water partition coefficient (Wildman–Crippen LogP) is 4.13. The van der Waals surface area contributed by atoms with E-state index in [0.717, 1.165) is 18.9 Å².